The highest BCUT2D eigenvalue weighted by Gasteiger charge is 2.34. The molecule has 0 radical (unpaired) electrons. The Morgan fingerprint density at radius 2 is 1.92 bits per heavy atom. The van der Waals surface area contributed by atoms with E-state index in [2.05, 4.69) is 23.0 Å². The average Bonchev–Trinajstić information content (AvgIpc) is 3.39. The number of carbonyl (C=O) groups is 2. The van der Waals surface area contributed by atoms with Crippen molar-refractivity contribution in [2.45, 2.75) is 32.4 Å². The Morgan fingerprint density at radius 1 is 1.11 bits per heavy atom. The zero-order chi connectivity index (χ0) is 26.2. The van der Waals surface area contributed by atoms with Crippen LogP contribution in [0.4, 0.5) is 9.59 Å². The van der Waals surface area contributed by atoms with E-state index in [9.17, 15) is 14.7 Å². The molecule has 11 nitrogen and oxygen atoms in total. The second kappa shape index (κ2) is 10.2. The van der Waals surface area contributed by atoms with E-state index in [0.717, 1.165) is 51.1 Å². The van der Waals surface area contributed by atoms with Gasteiger partial charge in [-0.25, -0.2) is 19.6 Å². The van der Waals surface area contributed by atoms with Crippen LogP contribution in [0.5, 0.6) is 0 Å². The van der Waals surface area contributed by atoms with Gasteiger partial charge in [0.1, 0.15) is 5.52 Å². The summed E-state index contributed by atoms with van der Waals surface area (Å²) in [5, 5.41) is 9.98. The number of ether oxygens (including phenoxy) is 2. The smallest absolute Gasteiger partial charge is 0.407 e. The molecule has 0 aliphatic carbocycles. The predicted octanol–water partition coefficient (Wildman–Crippen LogP) is 3.05. The summed E-state index contributed by atoms with van der Waals surface area (Å²) in [7, 11) is 0. The molecule has 2 saturated heterocycles. The molecule has 11 heteroatoms. The Hall–Kier alpha value is -3.70. The summed E-state index contributed by atoms with van der Waals surface area (Å²) in [4.78, 5) is 43.4. The van der Waals surface area contributed by atoms with Crippen LogP contribution in [0.3, 0.4) is 0 Å². The maximum Gasteiger partial charge on any atom is 0.407 e. The first kappa shape index (κ1) is 24.6. The molecule has 3 aromatic rings. The minimum absolute atomic E-state index is 0.000155. The van der Waals surface area contributed by atoms with Gasteiger partial charge in [-0.2, -0.15) is 0 Å². The molecular weight excluding hydrogens is 488 g/mol. The summed E-state index contributed by atoms with van der Waals surface area (Å²) in [6.07, 6.45) is 4.24. The summed E-state index contributed by atoms with van der Waals surface area (Å²) < 4.78 is 11.2. The van der Waals surface area contributed by atoms with Gasteiger partial charge in [0.05, 0.1) is 44.4 Å². The standard InChI is InChI=1S/C27H32N6O5/c1-2-17-13-28-25-24(17)30-22(14-29-25)19-11-18-3-4-32(26(34)31-5-8-37-9-6-31)15-21(18)20(12-19)23-16-38-10-7-33(23)27(35)36/h11-14,23H,2-10,15-16H2,1H3,(H,28,29)(H,35,36)/t23-/m0/s1. The Labute approximate surface area is 220 Å². The number of morpholine rings is 2. The van der Waals surface area contributed by atoms with Gasteiger partial charge in [0.15, 0.2) is 5.65 Å². The third-order valence-electron chi connectivity index (χ3n) is 7.80. The van der Waals surface area contributed by atoms with Gasteiger partial charge in [-0.3, -0.25) is 4.90 Å². The molecule has 3 aliphatic heterocycles. The van der Waals surface area contributed by atoms with Crippen LogP contribution in [0.2, 0.25) is 0 Å². The normalized spacial score (nSPS) is 20.0. The molecule has 3 aliphatic rings. The van der Waals surface area contributed by atoms with E-state index in [4.69, 9.17) is 14.5 Å². The van der Waals surface area contributed by atoms with Crippen molar-refractivity contribution in [1.82, 2.24) is 29.7 Å². The lowest BCUT2D eigenvalue weighted by molar-refractivity contribution is -0.00149. The molecular formula is C27H32N6O5. The van der Waals surface area contributed by atoms with Gasteiger partial charge in [0, 0.05) is 44.5 Å². The number of H-pyrrole nitrogens is 1. The van der Waals surface area contributed by atoms with Crippen molar-refractivity contribution >= 4 is 23.3 Å². The van der Waals surface area contributed by atoms with Crippen molar-refractivity contribution < 1.29 is 24.2 Å². The van der Waals surface area contributed by atoms with Crippen molar-refractivity contribution in [2.24, 2.45) is 0 Å². The maximum absolute atomic E-state index is 13.3. The number of hydrogen-bond donors (Lipinski definition) is 2. The number of aryl methyl sites for hydroxylation is 1. The molecule has 1 atom stereocenters. The van der Waals surface area contributed by atoms with E-state index in [0.29, 0.717) is 59.0 Å². The van der Waals surface area contributed by atoms with Crippen molar-refractivity contribution in [1.29, 1.82) is 0 Å². The Bertz CT molecular complexity index is 1370. The molecule has 1 aromatic carbocycles. The Morgan fingerprint density at radius 3 is 2.71 bits per heavy atom. The molecule has 200 valence electrons. The summed E-state index contributed by atoms with van der Waals surface area (Å²) in [6.45, 7) is 6.28. The highest BCUT2D eigenvalue weighted by Crippen LogP contribution is 2.36. The monoisotopic (exact) mass is 520 g/mol. The Balaban J connectivity index is 1.42. The molecule has 2 aromatic heterocycles. The topological polar surface area (TPSA) is 124 Å². The fraction of sp³-hybridized carbons (Fsp3) is 0.481. The summed E-state index contributed by atoms with van der Waals surface area (Å²) in [6, 6.07) is 3.67. The number of rotatable bonds is 3. The van der Waals surface area contributed by atoms with Crippen molar-refractivity contribution in [2.75, 3.05) is 52.6 Å². The minimum atomic E-state index is -0.976. The number of aromatic nitrogens is 3. The lowest BCUT2D eigenvalue weighted by Crippen LogP contribution is -2.50. The minimum Gasteiger partial charge on any atom is -0.465 e. The van der Waals surface area contributed by atoms with Crippen LogP contribution in [0.25, 0.3) is 22.4 Å². The van der Waals surface area contributed by atoms with Crippen molar-refractivity contribution in [3.8, 4) is 11.3 Å². The predicted molar refractivity (Wildman–Crippen MR) is 139 cm³/mol. The first-order chi connectivity index (χ1) is 18.5. The second-order valence-electron chi connectivity index (χ2n) is 9.94. The number of benzene rings is 1. The molecule has 0 spiro atoms. The zero-order valence-corrected chi connectivity index (χ0v) is 21.5. The van der Waals surface area contributed by atoms with Gasteiger partial charge in [-0.15, -0.1) is 0 Å². The number of urea groups is 1. The number of nitrogens with one attached hydrogen (secondary N) is 1. The van der Waals surface area contributed by atoms with Crippen LogP contribution in [0.1, 0.15) is 35.2 Å². The fourth-order valence-corrected chi connectivity index (χ4v) is 5.70. The molecule has 5 heterocycles. The molecule has 2 fully saturated rings. The van der Waals surface area contributed by atoms with E-state index in [1.54, 1.807) is 6.20 Å². The fourth-order valence-electron chi connectivity index (χ4n) is 5.70. The molecule has 3 amide bonds. The SMILES string of the molecule is CCc1c[nH]c2ncc(-c3cc4c(c([C@@H]5COCCN5C(=O)O)c3)CN(C(=O)N3CCOCC3)CC4)nc12. The van der Waals surface area contributed by atoms with Crippen LogP contribution < -0.4 is 0 Å². The zero-order valence-electron chi connectivity index (χ0n) is 21.5. The molecule has 0 saturated carbocycles. The van der Waals surface area contributed by atoms with Crippen LogP contribution in [0.15, 0.2) is 24.5 Å². The second-order valence-corrected chi connectivity index (χ2v) is 9.94. The highest BCUT2D eigenvalue weighted by molar-refractivity contribution is 5.79. The van der Waals surface area contributed by atoms with Gasteiger partial charge in [-0.05, 0) is 47.2 Å². The van der Waals surface area contributed by atoms with Gasteiger partial charge < -0.3 is 29.4 Å². The van der Waals surface area contributed by atoms with E-state index in [1.165, 1.54) is 4.90 Å². The number of fused-ring (bicyclic) bond motifs is 2. The first-order valence-corrected chi connectivity index (χ1v) is 13.2. The number of carbonyl (C=O) groups excluding carboxylic acids is 1. The molecule has 0 unspecified atom stereocenters. The number of aromatic amines is 1. The summed E-state index contributed by atoms with van der Waals surface area (Å²) >= 11 is 0. The number of amides is 3. The van der Waals surface area contributed by atoms with Gasteiger partial charge in [0.2, 0.25) is 0 Å². The molecule has 6 rings (SSSR count). The summed E-state index contributed by atoms with van der Waals surface area (Å²) in [5.74, 6) is 0. The average molecular weight is 521 g/mol. The quantitative estimate of drug-likeness (QED) is 0.544. The maximum atomic E-state index is 13.3. The van der Waals surface area contributed by atoms with Crippen LogP contribution in [0, 0.1) is 0 Å². The highest BCUT2D eigenvalue weighted by atomic mass is 16.5. The third kappa shape index (κ3) is 4.45. The number of hydrogen-bond acceptors (Lipinski definition) is 6. The van der Waals surface area contributed by atoms with Crippen LogP contribution in [-0.2, 0) is 28.9 Å². The van der Waals surface area contributed by atoms with Crippen LogP contribution in [-0.4, -0.2) is 99.5 Å². The largest absolute Gasteiger partial charge is 0.465 e. The van der Waals surface area contributed by atoms with E-state index in [-0.39, 0.29) is 12.6 Å². The Kier molecular flexibility index (Phi) is 6.62. The summed E-state index contributed by atoms with van der Waals surface area (Å²) in [5.41, 5.74) is 7.28. The van der Waals surface area contributed by atoms with Crippen molar-refractivity contribution in [3.05, 3.63) is 46.8 Å². The van der Waals surface area contributed by atoms with E-state index >= 15 is 0 Å². The van der Waals surface area contributed by atoms with Gasteiger partial charge >= 0.3 is 12.1 Å². The molecule has 0 bridgehead atoms. The van der Waals surface area contributed by atoms with Crippen molar-refractivity contribution in [3.63, 3.8) is 0 Å². The molecule has 38 heavy (non-hydrogen) atoms. The lowest BCUT2D eigenvalue weighted by atomic mass is 9.87. The van der Waals surface area contributed by atoms with Gasteiger partial charge in [0.25, 0.3) is 0 Å². The number of nitrogens with zero attached hydrogens (tertiary/aromatic N) is 5. The van der Waals surface area contributed by atoms with E-state index < -0.39 is 12.1 Å². The third-order valence-corrected chi connectivity index (χ3v) is 7.80. The lowest BCUT2D eigenvalue weighted by Gasteiger charge is -2.39. The van der Waals surface area contributed by atoms with Crippen LogP contribution >= 0.6 is 0 Å². The van der Waals surface area contributed by atoms with Gasteiger partial charge in [-0.1, -0.05) is 6.92 Å². The number of carboxylic acid groups (broad SMARTS) is 1. The van der Waals surface area contributed by atoms with E-state index in [1.807, 2.05) is 22.1 Å². The first-order valence-electron chi connectivity index (χ1n) is 13.2. The molecule has 2 N–H and O–H groups in total.